The van der Waals surface area contributed by atoms with Gasteiger partial charge in [0.2, 0.25) is 0 Å². The molecule has 0 spiro atoms. The van der Waals surface area contributed by atoms with Crippen molar-refractivity contribution in [1.29, 1.82) is 0 Å². The summed E-state index contributed by atoms with van der Waals surface area (Å²) in [5.41, 5.74) is 1.01. The van der Waals surface area contributed by atoms with E-state index in [0.29, 0.717) is 13.0 Å². The highest BCUT2D eigenvalue weighted by Crippen LogP contribution is 2.26. The van der Waals surface area contributed by atoms with Crippen LogP contribution in [0.3, 0.4) is 0 Å². The smallest absolute Gasteiger partial charge is 0.341 e. The Morgan fingerprint density at radius 3 is 2.89 bits per heavy atom. The largest absolute Gasteiger partial charge is 0.492 e. The number of benzene rings is 1. The van der Waals surface area contributed by atoms with Crippen LogP contribution in [0, 0.1) is 0 Å². The monoisotopic (exact) mass is 280 g/mol. The summed E-state index contributed by atoms with van der Waals surface area (Å²) >= 11 is 5.85. The molecule has 0 saturated carbocycles. The predicted octanol–water partition coefficient (Wildman–Crippen LogP) is 2.39. The number of nitrogens with zero attached hydrogens (tertiary/aromatic N) is 2. The van der Waals surface area contributed by atoms with Crippen molar-refractivity contribution in [2.45, 2.75) is 6.42 Å². The summed E-state index contributed by atoms with van der Waals surface area (Å²) in [5, 5.41) is 13.3. The van der Waals surface area contributed by atoms with Gasteiger partial charge in [-0.05, 0) is 18.2 Å². The van der Waals surface area contributed by atoms with Gasteiger partial charge in [0.15, 0.2) is 0 Å². The first-order valence-electron chi connectivity index (χ1n) is 5.71. The molecule has 1 heterocycles. The molecule has 0 atom stereocenters. The Balaban J connectivity index is 2.06. The van der Waals surface area contributed by atoms with E-state index in [1.165, 1.54) is 6.07 Å². The minimum Gasteiger partial charge on any atom is -0.492 e. The van der Waals surface area contributed by atoms with Gasteiger partial charge in [0.05, 0.1) is 11.6 Å². The number of carboxylic acids is 1. The lowest BCUT2D eigenvalue weighted by molar-refractivity contribution is 0.0692. The predicted molar refractivity (Wildman–Crippen MR) is 70.8 cm³/mol. The van der Waals surface area contributed by atoms with Gasteiger partial charge in [0.25, 0.3) is 0 Å². The molecule has 0 fully saturated rings. The van der Waals surface area contributed by atoms with Gasteiger partial charge < -0.3 is 9.84 Å². The van der Waals surface area contributed by atoms with E-state index >= 15 is 0 Å². The highest BCUT2D eigenvalue weighted by atomic mass is 35.5. The van der Waals surface area contributed by atoms with E-state index in [0.717, 1.165) is 5.69 Å². The fourth-order valence-corrected chi connectivity index (χ4v) is 1.99. The number of rotatable bonds is 5. The lowest BCUT2D eigenvalue weighted by Gasteiger charge is -2.10. The molecule has 100 valence electrons. The van der Waals surface area contributed by atoms with Crippen molar-refractivity contribution in [3.63, 3.8) is 0 Å². The molecule has 6 heteroatoms. The van der Waals surface area contributed by atoms with Crippen molar-refractivity contribution in [2.24, 2.45) is 7.05 Å². The molecule has 1 N–H and O–H groups in total. The number of ether oxygens (including phenoxy) is 1. The first kappa shape index (κ1) is 13.4. The molecule has 1 aromatic heterocycles. The number of aryl methyl sites for hydroxylation is 1. The molecule has 2 rings (SSSR count). The second-order valence-electron chi connectivity index (χ2n) is 3.96. The Morgan fingerprint density at radius 1 is 1.47 bits per heavy atom. The highest BCUT2D eigenvalue weighted by molar-refractivity contribution is 6.33. The van der Waals surface area contributed by atoms with E-state index < -0.39 is 5.97 Å². The highest BCUT2D eigenvalue weighted by Gasteiger charge is 2.15. The lowest BCUT2D eigenvalue weighted by atomic mass is 10.2. The van der Waals surface area contributed by atoms with Gasteiger partial charge in [0, 0.05) is 25.4 Å². The molecule has 0 aliphatic heterocycles. The van der Waals surface area contributed by atoms with Gasteiger partial charge in [0.1, 0.15) is 11.3 Å². The van der Waals surface area contributed by atoms with Crippen LogP contribution in [0.4, 0.5) is 0 Å². The van der Waals surface area contributed by atoms with Gasteiger partial charge in [-0.15, -0.1) is 0 Å². The fraction of sp³-hybridized carbons (Fsp3) is 0.231. The van der Waals surface area contributed by atoms with Crippen molar-refractivity contribution < 1.29 is 14.6 Å². The van der Waals surface area contributed by atoms with Crippen molar-refractivity contribution in [3.8, 4) is 5.75 Å². The van der Waals surface area contributed by atoms with Crippen molar-refractivity contribution in [2.75, 3.05) is 6.61 Å². The number of halogens is 1. The molecule has 0 bridgehead atoms. The Hall–Kier alpha value is -2.01. The Kier molecular flexibility index (Phi) is 4.06. The van der Waals surface area contributed by atoms with Crippen LogP contribution < -0.4 is 4.74 Å². The summed E-state index contributed by atoms with van der Waals surface area (Å²) in [7, 11) is 1.84. The van der Waals surface area contributed by atoms with Crippen LogP contribution in [0.2, 0.25) is 5.02 Å². The van der Waals surface area contributed by atoms with Crippen molar-refractivity contribution in [3.05, 3.63) is 46.7 Å². The molecule has 2 aromatic rings. The van der Waals surface area contributed by atoms with Gasteiger partial charge >= 0.3 is 5.97 Å². The standard InChI is InChI=1S/C13H13ClN2O3/c1-16-9(5-7-15-16)6-8-19-11-4-2-3-10(14)12(11)13(17)18/h2-5,7H,6,8H2,1H3,(H,17,18). The van der Waals surface area contributed by atoms with Crippen LogP contribution in [0.5, 0.6) is 5.75 Å². The third-order valence-electron chi connectivity index (χ3n) is 2.73. The summed E-state index contributed by atoms with van der Waals surface area (Å²) in [6.45, 7) is 0.361. The van der Waals surface area contributed by atoms with Crippen molar-refractivity contribution >= 4 is 17.6 Å². The SMILES string of the molecule is Cn1nccc1CCOc1cccc(Cl)c1C(=O)O. The van der Waals surface area contributed by atoms with E-state index in [2.05, 4.69) is 5.10 Å². The van der Waals surface area contributed by atoms with Gasteiger partial charge in [-0.1, -0.05) is 17.7 Å². The number of hydrogen-bond donors (Lipinski definition) is 1. The zero-order valence-electron chi connectivity index (χ0n) is 10.3. The minimum atomic E-state index is -1.10. The summed E-state index contributed by atoms with van der Waals surface area (Å²) in [6, 6.07) is 6.67. The molecule has 0 aliphatic rings. The normalized spacial score (nSPS) is 10.4. The average Bonchev–Trinajstić information content (AvgIpc) is 2.75. The van der Waals surface area contributed by atoms with Gasteiger partial charge in [-0.2, -0.15) is 5.10 Å². The molecule has 5 nitrogen and oxygen atoms in total. The van der Waals surface area contributed by atoms with Crippen LogP contribution >= 0.6 is 11.6 Å². The summed E-state index contributed by atoms with van der Waals surface area (Å²) in [6.07, 6.45) is 2.35. The lowest BCUT2D eigenvalue weighted by Crippen LogP contribution is -2.09. The maximum Gasteiger partial charge on any atom is 0.341 e. The molecule has 0 saturated heterocycles. The minimum absolute atomic E-state index is 0.00540. The summed E-state index contributed by atoms with van der Waals surface area (Å²) in [5.74, 6) is -0.816. The molecule has 0 amide bonds. The van der Waals surface area contributed by atoms with E-state index in [1.807, 2.05) is 13.1 Å². The van der Waals surface area contributed by atoms with E-state index in [9.17, 15) is 4.79 Å². The zero-order valence-corrected chi connectivity index (χ0v) is 11.1. The van der Waals surface area contributed by atoms with Crippen LogP contribution in [-0.2, 0) is 13.5 Å². The molecule has 0 unspecified atom stereocenters. The zero-order chi connectivity index (χ0) is 13.8. The first-order valence-corrected chi connectivity index (χ1v) is 6.09. The van der Waals surface area contributed by atoms with Gasteiger partial charge in [-0.3, -0.25) is 4.68 Å². The third kappa shape index (κ3) is 3.06. The Bertz CT molecular complexity index is 595. The maximum absolute atomic E-state index is 11.1. The molecule has 19 heavy (non-hydrogen) atoms. The van der Waals surface area contributed by atoms with Crippen LogP contribution in [0.1, 0.15) is 16.1 Å². The number of aromatic carboxylic acids is 1. The van der Waals surface area contributed by atoms with Crippen LogP contribution in [0.25, 0.3) is 0 Å². The molecule has 0 radical (unpaired) electrons. The Labute approximate surface area is 115 Å². The van der Waals surface area contributed by atoms with Crippen LogP contribution in [-0.4, -0.2) is 27.5 Å². The number of carbonyl (C=O) groups is 1. The molecule has 1 aromatic carbocycles. The van der Waals surface area contributed by atoms with Crippen molar-refractivity contribution in [1.82, 2.24) is 9.78 Å². The van der Waals surface area contributed by atoms with E-state index in [-0.39, 0.29) is 16.3 Å². The quantitative estimate of drug-likeness (QED) is 0.913. The first-order chi connectivity index (χ1) is 9.09. The number of carboxylic acid groups (broad SMARTS) is 1. The van der Waals surface area contributed by atoms with E-state index in [4.69, 9.17) is 21.4 Å². The third-order valence-corrected chi connectivity index (χ3v) is 3.04. The second-order valence-corrected chi connectivity index (χ2v) is 4.37. The topological polar surface area (TPSA) is 64.4 Å². The molecular weight excluding hydrogens is 268 g/mol. The fourth-order valence-electron chi connectivity index (χ4n) is 1.74. The van der Waals surface area contributed by atoms with E-state index in [1.54, 1.807) is 23.0 Å². The van der Waals surface area contributed by atoms with Gasteiger partial charge in [-0.25, -0.2) is 4.79 Å². The molecule has 0 aliphatic carbocycles. The Morgan fingerprint density at radius 2 is 2.26 bits per heavy atom. The van der Waals surface area contributed by atoms with Crippen LogP contribution in [0.15, 0.2) is 30.5 Å². The second kappa shape index (κ2) is 5.75. The summed E-state index contributed by atoms with van der Waals surface area (Å²) < 4.78 is 7.25. The maximum atomic E-state index is 11.1. The number of aromatic nitrogens is 2. The number of hydrogen-bond acceptors (Lipinski definition) is 3. The summed E-state index contributed by atoms with van der Waals surface area (Å²) in [4.78, 5) is 11.1. The average molecular weight is 281 g/mol. The molecular formula is C13H13ClN2O3.